The summed E-state index contributed by atoms with van der Waals surface area (Å²) in [4.78, 5) is 25.2. The van der Waals surface area contributed by atoms with E-state index in [0.29, 0.717) is 29.8 Å². The maximum Gasteiger partial charge on any atom is 0.255 e. The molecule has 0 spiro atoms. The SMILES string of the molecule is O=c1ccccn1-c1ccc(N[C@@H]2C[C@@H](Nc3ncc(C4CC4)cn3)C[C@@H]2O)nc1. The van der Waals surface area contributed by atoms with Gasteiger partial charge in [0.05, 0.1) is 24.0 Å². The normalized spacial score (nSPS) is 23.3. The molecule has 0 bridgehead atoms. The number of rotatable bonds is 6. The molecule has 2 aliphatic carbocycles. The van der Waals surface area contributed by atoms with Gasteiger partial charge in [0.25, 0.3) is 5.56 Å². The van der Waals surface area contributed by atoms with E-state index >= 15 is 0 Å². The number of nitrogens with zero attached hydrogens (tertiary/aromatic N) is 4. The van der Waals surface area contributed by atoms with Crippen LogP contribution in [0.3, 0.4) is 0 Å². The predicted molar refractivity (Wildman–Crippen MR) is 114 cm³/mol. The van der Waals surface area contributed by atoms with Gasteiger partial charge in [-0.3, -0.25) is 9.36 Å². The fraction of sp³-hybridized carbons (Fsp3) is 0.364. The quantitative estimate of drug-likeness (QED) is 0.579. The summed E-state index contributed by atoms with van der Waals surface area (Å²) in [5.41, 5.74) is 1.80. The summed E-state index contributed by atoms with van der Waals surface area (Å²) in [6, 6.07) is 8.65. The maximum absolute atomic E-state index is 11.9. The van der Waals surface area contributed by atoms with Crippen molar-refractivity contribution in [2.75, 3.05) is 10.6 Å². The van der Waals surface area contributed by atoms with Crippen molar-refractivity contribution in [2.24, 2.45) is 0 Å². The second-order valence-corrected chi connectivity index (χ2v) is 8.06. The Balaban J connectivity index is 1.20. The first kappa shape index (κ1) is 18.7. The minimum absolute atomic E-state index is 0.0893. The van der Waals surface area contributed by atoms with Gasteiger partial charge in [-0.15, -0.1) is 0 Å². The zero-order valence-corrected chi connectivity index (χ0v) is 16.5. The van der Waals surface area contributed by atoms with Crippen LogP contribution in [0.15, 0.2) is 59.9 Å². The molecule has 0 saturated heterocycles. The monoisotopic (exact) mass is 404 g/mol. The van der Waals surface area contributed by atoms with E-state index in [4.69, 9.17) is 0 Å². The molecule has 5 rings (SSSR count). The molecule has 3 atom stereocenters. The smallest absolute Gasteiger partial charge is 0.255 e. The molecule has 154 valence electrons. The summed E-state index contributed by atoms with van der Waals surface area (Å²) in [6.07, 6.45) is 10.5. The minimum atomic E-state index is -0.494. The van der Waals surface area contributed by atoms with Crippen molar-refractivity contribution in [2.45, 2.75) is 49.8 Å². The van der Waals surface area contributed by atoms with E-state index < -0.39 is 6.10 Å². The molecule has 8 heteroatoms. The van der Waals surface area contributed by atoms with E-state index in [9.17, 15) is 9.90 Å². The number of pyridine rings is 2. The van der Waals surface area contributed by atoms with E-state index in [1.807, 2.05) is 24.5 Å². The average Bonchev–Trinajstić information content (AvgIpc) is 3.55. The van der Waals surface area contributed by atoms with Crippen molar-refractivity contribution in [1.82, 2.24) is 19.5 Å². The molecule has 3 aromatic rings. The molecule has 3 heterocycles. The highest BCUT2D eigenvalue weighted by molar-refractivity contribution is 5.42. The summed E-state index contributed by atoms with van der Waals surface area (Å²) in [5.74, 6) is 1.91. The van der Waals surface area contributed by atoms with Crippen LogP contribution in [0.2, 0.25) is 0 Å². The van der Waals surface area contributed by atoms with E-state index in [2.05, 4.69) is 25.6 Å². The third-order valence-corrected chi connectivity index (χ3v) is 5.76. The van der Waals surface area contributed by atoms with Crippen LogP contribution in [0.5, 0.6) is 0 Å². The largest absolute Gasteiger partial charge is 0.391 e. The Morgan fingerprint density at radius 1 is 0.967 bits per heavy atom. The molecule has 0 unspecified atom stereocenters. The van der Waals surface area contributed by atoms with Crippen molar-refractivity contribution in [1.29, 1.82) is 0 Å². The van der Waals surface area contributed by atoms with Gasteiger partial charge in [-0.05, 0) is 55.4 Å². The van der Waals surface area contributed by atoms with Gasteiger partial charge in [-0.1, -0.05) is 6.07 Å². The Hall–Kier alpha value is -3.26. The Bertz CT molecular complexity index is 1060. The van der Waals surface area contributed by atoms with Crippen molar-refractivity contribution in [3.63, 3.8) is 0 Å². The van der Waals surface area contributed by atoms with Crippen LogP contribution in [-0.4, -0.2) is 42.8 Å². The second-order valence-electron chi connectivity index (χ2n) is 8.06. The molecule has 8 nitrogen and oxygen atoms in total. The lowest BCUT2D eigenvalue weighted by atomic mass is 10.2. The molecule has 3 N–H and O–H groups in total. The van der Waals surface area contributed by atoms with Crippen molar-refractivity contribution < 1.29 is 5.11 Å². The molecule has 2 aliphatic rings. The highest BCUT2D eigenvalue weighted by Gasteiger charge is 2.33. The van der Waals surface area contributed by atoms with Crippen LogP contribution < -0.4 is 16.2 Å². The lowest BCUT2D eigenvalue weighted by Crippen LogP contribution is -2.28. The van der Waals surface area contributed by atoms with Gasteiger partial charge in [0, 0.05) is 30.7 Å². The van der Waals surface area contributed by atoms with E-state index in [1.165, 1.54) is 29.0 Å². The number of aliphatic hydroxyl groups is 1. The third-order valence-electron chi connectivity index (χ3n) is 5.76. The number of hydrogen-bond acceptors (Lipinski definition) is 7. The summed E-state index contributed by atoms with van der Waals surface area (Å²) in [6.45, 7) is 0. The summed E-state index contributed by atoms with van der Waals surface area (Å²) >= 11 is 0. The van der Waals surface area contributed by atoms with Crippen molar-refractivity contribution in [3.8, 4) is 5.69 Å². The Morgan fingerprint density at radius 3 is 2.50 bits per heavy atom. The lowest BCUT2D eigenvalue weighted by molar-refractivity contribution is 0.171. The Kier molecular flexibility index (Phi) is 4.92. The Morgan fingerprint density at radius 2 is 1.80 bits per heavy atom. The van der Waals surface area contributed by atoms with Crippen LogP contribution in [-0.2, 0) is 0 Å². The molecule has 0 aliphatic heterocycles. The van der Waals surface area contributed by atoms with Crippen LogP contribution in [0.1, 0.15) is 37.2 Å². The highest BCUT2D eigenvalue weighted by atomic mass is 16.3. The fourth-order valence-electron chi connectivity index (χ4n) is 3.96. The molecule has 2 saturated carbocycles. The van der Waals surface area contributed by atoms with Crippen LogP contribution >= 0.6 is 0 Å². The van der Waals surface area contributed by atoms with Crippen LogP contribution in [0, 0.1) is 0 Å². The first-order chi connectivity index (χ1) is 14.7. The van der Waals surface area contributed by atoms with E-state index in [0.717, 1.165) is 6.42 Å². The predicted octanol–water partition coefficient (Wildman–Crippen LogP) is 2.32. The van der Waals surface area contributed by atoms with Gasteiger partial charge >= 0.3 is 0 Å². The number of hydrogen-bond donors (Lipinski definition) is 3. The molecule has 0 aromatic carbocycles. The number of nitrogens with one attached hydrogen (secondary N) is 2. The first-order valence-electron chi connectivity index (χ1n) is 10.3. The number of aliphatic hydroxyl groups excluding tert-OH is 1. The van der Waals surface area contributed by atoms with Gasteiger partial charge in [0.2, 0.25) is 5.95 Å². The summed E-state index contributed by atoms with van der Waals surface area (Å²) in [5, 5.41) is 17.1. The van der Waals surface area contributed by atoms with Crippen LogP contribution in [0.4, 0.5) is 11.8 Å². The van der Waals surface area contributed by atoms with Crippen LogP contribution in [0.25, 0.3) is 5.69 Å². The lowest BCUT2D eigenvalue weighted by Gasteiger charge is -2.17. The average molecular weight is 404 g/mol. The molecular weight excluding hydrogens is 380 g/mol. The van der Waals surface area contributed by atoms with Crippen molar-refractivity contribution in [3.05, 3.63) is 71.0 Å². The fourth-order valence-corrected chi connectivity index (χ4v) is 3.96. The van der Waals surface area contributed by atoms with Crippen molar-refractivity contribution >= 4 is 11.8 Å². The summed E-state index contributed by atoms with van der Waals surface area (Å²) in [7, 11) is 0. The highest BCUT2D eigenvalue weighted by Crippen LogP contribution is 2.39. The topological polar surface area (TPSA) is 105 Å². The molecule has 30 heavy (non-hydrogen) atoms. The minimum Gasteiger partial charge on any atom is -0.391 e. The standard InChI is InChI=1S/C22H24N6O2/c29-19-10-16(26-22-24-11-15(12-25-22)14-4-5-14)9-18(19)27-20-7-6-17(13-23-20)28-8-2-1-3-21(28)30/h1-3,6-8,11-14,16,18-19,29H,4-5,9-10H2,(H,23,27)(H,24,25,26)/t16-,18-,19+/m1/s1. The summed E-state index contributed by atoms with van der Waals surface area (Å²) < 4.78 is 1.54. The van der Waals surface area contributed by atoms with E-state index in [-0.39, 0.29) is 17.6 Å². The van der Waals surface area contributed by atoms with E-state index in [1.54, 1.807) is 24.5 Å². The molecular formula is C22H24N6O2. The van der Waals surface area contributed by atoms with Gasteiger partial charge in [0.15, 0.2) is 0 Å². The molecule has 0 amide bonds. The Labute approximate surface area is 174 Å². The zero-order valence-electron chi connectivity index (χ0n) is 16.5. The molecule has 0 radical (unpaired) electrons. The van der Waals surface area contributed by atoms with Gasteiger partial charge in [0.1, 0.15) is 5.82 Å². The zero-order chi connectivity index (χ0) is 20.5. The molecule has 2 fully saturated rings. The first-order valence-corrected chi connectivity index (χ1v) is 10.3. The number of anilines is 2. The third kappa shape index (κ3) is 4.04. The maximum atomic E-state index is 11.9. The number of aromatic nitrogens is 4. The van der Waals surface area contributed by atoms with Gasteiger partial charge < -0.3 is 15.7 Å². The second kappa shape index (κ2) is 7.87. The van der Waals surface area contributed by atoms with Gasteiger partial charge in [-0.2, -0.15) is 0 Å². The van der Waals surface area contributed by atoms with Gasteiger partial charge in [-0.25, -0.2) is 15.0 Å². The molecule has 3 aromatic heterocycles.